The van der Waals surface area contributed by atoms with Crippen LogP contribution in [0.25, 0.3) is 5.82 Å². The molecular formula is C8H4Br2ClN3. The minimum absolute atomic E-state index is 0.551. The van der Waals surface area contributed by atoms with E-state index in [-0.39, 0.29) is 0 Å². The number of hydrogen-bond donors (Lipinski definition) is 0. The van der Waals surface area contributed by atoms with Gasteiger partial charge in [0.05, 0.1) is 15.7 Å². The van der Waals surface area contributed by atoms with Crippen LogP contribution in [0.15, 0.2) is 33.6 Å². The second-order valence-corrected chi connectivity index (χ2v) is 4.80. The molecule has 3 nitrogen and oxygen atoms in total. The van der Waals surface area contributed by atoms with Crippen molar-refractivity contribution in [2.24, 2.45) is 0 Å². The Labute approximate surface area is 102 Å². The van der Waals surface area contributed by atoms with Gasteiger partial charge in [0.1, 0.15) is 0 Å². The van der Waals surface area contributed by atoms with Crippen molar-refractivity contribution in [3.8, 4) is 5.82 Å². The van der Waals surface area contributed by atoms with Crippen molar-refractivity contribution < 1.29 is 0 Å². The first kappa shape index (κ1) is 10.1. The zero-order valence-corrected chi connectivity index (χ0v) is 10.7. The fourth-order valence-corrected chi connectivity index (χ4v) is 1.99. The summed E-state index contributed by atoms with van der Waals surface area (Å²) in [6.45, 7) is 0. The summed E-state index contributed by atoms with van der Waals surface area (Å²) in [7, 11) is 0. The lowest BCUT2D eigenvalue weighted by Gasteiger charge is -2.02. The number of pyridine rings is 1. The second-order valence-electron chi connectivity index (χ2n) is 2.56. The van der Waals surface area contributed by atoms with Crippen molar-refractivity contribution >= 4 is 43.5 Å². The predicted octanol–water partition coefficient (Wildman–Crippen LogP) is 3.45. The van der Waals surface area contributed by atoms with Crippen molar-refractivity contribution in [3.05, 3.63) is 38.6 Å². The Balaban J connectivity index is 2.52. The van der Waals surface area contributed by atoms with Gasteiger partial charge in [-0.25, -0.2) is 9.67 Å². The number of hydrogen-bond acceptors (Lipinski definition) is 2. The third-order valence-corrected chi connectivity index (χ3v) is 2.68. The summed E-state index contributed by atoms with van der Waals surface area (Å²) in [5.41, 5.74) is 0. The molecule has 0 saturated heterocycles. The third-order valence-electron chi connectivity index (χ3n) is 1.56. The van der Waals surface area contributed by atoms with Gasteiger partial charge in [-0.1, -0.05) is 11.6 Å². The van der Waals surface area contributed by atoms with Crippen molar-refractivity contribution in [3.63, 3.8) is 0 Å². The molecule has 2 aromatic rings. The van der Waals surface area contributed by atoms with E-state index in [1.807, 2.05) is 0 Å². The lowest BCUT2D eigenvalue weighted by molar-refractivity contribution is 0.846. The maximum absolute atomic E-state index is 6.00. The van der Waals surface area contributed by atoms with Crippen LogP contribution in [0.2, 0.25) is 5.02 Å². The topological polar surface area (TPSA) is 30.7 Å². The minimum atomic E-state index is 0.551. The SMILES string of the molecule is Clc1cc(Br)cnc1-n1cc(Br)cn1. The van der Waals surface area contributed by atoms with Crippen LogP contribution in [0.4, 0.5) is 0 Å². The molecule has 0 amide bonds. The molecular weight excluding hydrogens is 333 g/mol. The molecule has 72 valence electrons. The van der Waals surface area contributed by atoms with Gasteiger partial charge in [-0.3, -0.25) is 0 Å². The Kier molecular flexibility index (Phi) is 2.90. The molecule has 6 heteroatoms. The monoisotopic (exact) mass is 335 g/mol. The van der Waals surface area contributed by atoms with E-state index in [0.29, 0.717) is 10.8 Å². The summed E-state index contributed by atoms with van der Waals surface area (Å²) < 4.78 is 3.34. The smallest absolute Gasteiger partial charge is 0.172 e. The number of rotatable bonds is 1. The normalized spacial score (nSPS) is 10.5. The molecule has 0 bridgehead atoms. The van der Waals surface area contributed by atoms with Crippen LogP contribution in [0.1, 0.15) is 0 Å². The molecule has 0 spiro atoms. The van der Waals surface area contributed by atoms with Gasteiger partial charge < -0.3 is 0 Å². The molecule has 0 atom stereocenters. The van der Waals surface area contributed by atoms with Gasteiger partial charge in [0, 0.05) is 16.9 Å². The van der Waals surface area contributed by atoms with E-state index in [4.69, 9.17) is 11.6 Å². The lowest BCUT2D eigenvalue weighted by Crippen LogP contribution is -1.98. The molecule has 0 unspecified atom stereocenters. The first-order valence-corrected chi connectivity index (χ1v) is 5.65. The van der Waals surface area contributed by atoms with Gasteiger partial charge in [-0.2, -0.15) is 5.10 Å². The molecule has 0 saturated carbocycles. The highest BCUT2D eigenvalue weighted by molar-refractivity contribution is 9.10. The van der Waals surface area contributed by atoms with E-state index in [1.54, 1.807) is 29.3 Å². The maximum Gasteiger partial charge on any atom is 0.172 e. The van der Waals surface area contributed by atoms with E-state index in [9.17, 15) is 0 Å². The summed E-state index contributed by atoms with van der Waals surface area (Å²) in [6.07, 6.45) is 5.15. The van der Waals surface area contributed by atoms with Gasteiger partial charge in [-0.15, -0.1) is 0 Å². The molecule has 0 fully saturated rings. The number of halogens is 3. The van der Waals surface area contributed by atoms with Gasteiger partial charge in [-0.05, 0) is 37.9 Å². The Morgan fingerprint density at radius 3 is 2.57 bits per heavy atom. The summed E-state index contributed by atoms with van der Waals surface area (Å²) in [5.74, 6) is 0.612. The average molecular weight is 337 g/mol. The van der Waals surface area contributed by atoms with Gasteiger partial charge >= 0.3 is 0 Å². The van der Waals surface area contributed by atoms with Crippen LogP contribution in [-0.4, -0.2) is 14.8 Å². The quantitative estimate of drug-likeness (QED) is 0.798. The molecule has 0 radical (unpaired) electrons. The summed E-state index contributed by atoms with van der Waals surface area (Å²) in [5, 5.41) is 4.63. The molecule has 0 aliphatic rings. The van der Waals surface area contributed by atoms with Crippen molar-refractivity contribution in [1.29, 1.82) is 0 Å². The van der Waals surface area contributed by atoms with Crippen molar-refractivity contribution in [2.45, 2.75) is 0 Å². The number of aromatic nitrogens is 3. The highest BCUT2D eigenvalue weighted by Gasteiger charge is 2.05. The Morgan fingerprint density at radius 1 is 1.21 bits per heavy atom. The Hall–Kier alpha value is -0.390. The molecule has 0 aromatic carbocycles. The van der Waals surface area contributed by atoms with E-state index in [0.717, 1.165) is 8.95 Å². The summed E-state index contributed by atoms with van der Waals surface area (Å²) in [4.78, 5) is 4.16. The van der Waals surface area contributed by atoms with E-state index < -0.39 is 0 Å². The van der Waals surface area contributed by atoms with Crippen LogP contribution >= 0.6 is 43.5 Å². The molecule has 0 N–H and O–H groups in total. The van der Waals surface area contributed by atoms with Crippen LogP contribution in [0.5, 0.6) is 0 Å². The van der Waals surface area contributed by atoms with E-state index >= 15 is 0 Å². The second kappa shape index (κ2) is 4.00. The highest BCUT2D eigenvalue weighted by atomic mass is 79.9. The standard InChI is InChI=1S/C8H4Br2ClN3/c9-5-1-7(11)8(12-2-5)14-4-6(10)3-13-14/h1-4H. The van der Waals surface area contributed by atoms with Crippen LogP contribution < -0.4 is 0 Å². The molecule has 2 rings (SSSR count). The molecule has 2 aromatic heterocycles. The zero-order valence-electron chi connectivity index (χ0n) is 6.78. The van der Waals surface area contributed by atoms with Crippen LogP contribution in [0.3, 0.4) is 0 Å². The Morgan fingerprint density at radius 2 is 2.00 bits per heavy atom. The van der Waals surface area contributed by atoms with E-state index in [1.165, 1.54) is 0 Å². The number of nitrogens with zero attached hydrogens (tertiary/aromatic N) is 3. The largest absolute Gasteiger partial charge is 0.235 e. The van der Waals surface area contributed by atoms with Crippen LogP contribution in [0, 0.1) is 0 Å². The predicted molar refractivity (Wildman–Crippen MR) is 61.8 cm³/mol. The summed E-state index contributed by atoms with van der Waals surface area (Å²) >= 11 is 12.6. The highest BCUT2D eigenvalue weighted by Crippen LogP contribution is 2.22. The Bertz CT molecular complexity index is 469. The summed E-state index contributed by atoms with van der Waals surface area (Å²) in [6, 6.07) is 1.78. The fourth-order valence-electron chi connectivity index (χ4n) is 0.993. The van der Waals surface area contributed by atoms with Crippen LogP contribution in [-0.2, 0) is 0 Å². The first-order valence-electron chi connectivity index (χ1n) is 3.68. The third kappa shape index (κ3) is 1.99. The average Bonchev–Trinajstić information content (AvgIpc) is 2.51. The fraction of sp³-hybridized carbons (Fsp3) is 0. The zero-order chi connectivity index (χ0) is 10.1. The lowest BCUT2D eigenvalue weighted by atomic mass is 10.4. The van der Waals surface area contributed by atoms with Gasteiger partial charge in [0.25, 0.3) is 0 Å². The van der Waals surface area contributed by atoms with Gasteiger partial charge in [0.2, 0.25) is 0 Å². The maximum atomic E-state index is 6.00. The molecule has 14 heavy (non-hydrogen) atoms. The minimum Gasteiger partial charge on any atom is -0.235 e. The van der Waals surface area contributed by atoms with Crippen molar-refractivity contribution in [2.75, 3.05) is 0 Å². The van der Waals surface area contributed by atoms with Gasteiger partial charge in [0.15, 0.2) is 5.82 Å². The molecule has 0 aliphatic heterocycles. The van der Waals surface area contributed by atoms with E-state index in [2.05, 4.69) is 41.9 Å². The van der Waals surface area contributed by atoms with Crippen molar-refractivity contribution in [1.82, 2.24) is 14.8 Å². The molecule has 0 aliphatic carbocycles. The first-order chi connectivity index (χ1) is 6.66. The molecule has 2 heterocycles.